The van der Waals surface area contributed by atoms with Crippen molar-refractivity contribution < 1.29 is 14.3 Å². The SMILES string of the molecule is CCN(CC)C(=O)c1cccc(OC)c1C=O. The zero-order valence-electron chi connectivity index (χ0n) is 10.4. The summed E-state index contributed by atoms with van der Waals surface area (Å²) in [7, 11) is 1.48. The summed E-state index contributed by atoms with van der Waals surface area (Å²) in [6, 6.07) is 5.03. The van der Waals surface area contributed by atoms with Crippen LogP contribution >= 0.6 is 0 Å². The number of rotatable bonds is 5. The van der Waals surface area contributed by atoms with E-state index >= 15 is 0 Å². The molecule has 0 spiro atoms. The van der Waals surface area contributed by atoms with E-state index in [-0.39, 0.29) is 5.91 Å². The molecule has 0 N–H and O–H groups in total. The van der Waals surface area contributed by atoms with Crippen molar-refractivity contribution >= 4 is 12.2 Å². The van der Waals surface area contributed by atoms with Crippen molar-refractivity contribution in [3.05, 3.63) is 29.3 Å². The molecular weight excluding hydrogens is 218 g/mol. The molecule has 0 fully saturated rings. The van der Waals surface area contributed by atoms with Gasteiger partial charge in [-0.15, -0.1) is 0 Å². The summed E-state index contributed by atoms with van der Waals surface area (Å²) >= 11 is 0. The molecule has 0 saturated heterocycles. The molecule has 0 aliphatic rings. The summed E-state index contributed by atoms with van der Waals surface area (Å²) < 4.78 is 5.07. The van der Waals surface area contributed by atoms with Gasteiger partial charge in [0.15, 0.2) is 6.29 Å². The highest BCUT2D eigenvalue weighted by Crippen LogP contribution is 2.21. The van der Waals surface area contributed by atoms with Gasteiger partial charge in [-0.05, 0) is 26.0 Å². The van der Waals surface area contributed by atoms with Gasteiger partial charge < -0.3 is 9.64 Å². The van der Waals surface area contributed by atoms with Gasteiger partial charge in [-0.2, -0.15) is 0 Å². The molecule has 0 bridgehead atoms. The Morgan fingerprint density at radius 1 is 1.35 bits per heavy atom. The van der Waals surface area contributed by atoms with E-state index in [0.29, 0.717) is 36.3 Å². The van der Waals surface area contributed by atoms with E-state index in [1.807, 2.05) is 13.8 Å². The fourth-order valence-electron chi connectivity index (χ4n) is 1.71. The Balaban J connectivity index is 3.21. The molecule has 4 nitrogen and oxygen atoms in total. The molecule has 0 atom stereocenters. The number of amides is 1. The van der Waals surface area contributed by atoms with Crippen LogP contribution in [-0.2, 0) is 0 Å². The molecule has 1 aromatic rings. The summed E-state index contributed by atoms with van der Waals surface area (Å²) in [4.78, 5) is 24.9. The Morgan fingerprint density at radius 3 is 2.47 bits per heavy atom. The smallest absolute Gasteiger partial charge is 0.254 e. The second-order valence-electron chi connectivity index (χ2n) is 3.52. The van der Waals surface area contributed by atoms with Gasteiger partial charge in [0, 0.05) is 13.1 Å². The van der Waals surface area contributed by atoms with Crippen molar-refractivity contribution in [1.29, 1.82) is 0 Å². The molecule has 0 heterocycles. The van der Waals surface area contributed by atoms with Crippen molar-refractivity contribution in [3.8, 4) is 5.75 Å². The first-order valence-corrected chi connectivity index (χ1v) is 5.61. The fourth-order valence-corrected chi connectivity index (χ4v) is 1.71. The van der Waals surface area contributed by atoms with E-state index in [9.17, 15) is 9.59 Å². The first kappa shape index (κ1) is 13.2. The molecule has 0 radical (unpaired) electrons. The lowest BCUT2D eigenvalue weighted by molar-refractivity contribution is 0.0769. The quantitative estimate of drug-likeness (QED) is 0.733. The Kier molecular flexibility index (Phi) is 4.69. The molecule has 0 aliphatic heterocycles. The Hall–Kier alpha value is -1.84. The van der Waals surface area contributed by atoms with Crippen molar-refractivity contribution in [3.63, 3.8) is 0 Å². The molecule has 92 valence electrons. The number of hydrogen-bond acceptors (Lipinski definition) is 3. The molecule has 17 heavy (non-hydrogen) atoms. The van der Waals surface area contributed by atoms with Crippen molar-refractivity contribution in [1.82, 2.24) is 4.90 Å². The molecule has 0 unspecified atom stereocenters. The first-order valence-electron chi connectivity index (χ1n) is 5.61. The van der Waals surface area contributed by atoms with Crippen LogP contribution in [0.25, 0.3) is 0 Å². The minimum absolute atomic E-state index is 0.143. The third kappa shape index (κ3) is 2.64. The predicted octanol–water partition coefficient (Wildman–Crippen LogP) is 1.99. The van der Waals surface area contributed by atoms with Crippen LogP contribution in [0, 0.1) is 0 Å². The van der Waals surface area contributed by atoms with E-state index in [0.717, 1.165) is 0 Å². The minimum Gasteiger partial charge on any atom is -0.496 e. The van der Waals surface area contributed by atoms with Crippen molar-refractivity contribution in [2.45, 2.75) is 13.8 Å². The first-order chi connectivity index (χ1) is 8.19. The third-order valence-electron chi connectivity index (χ3n) is 2.68. The van der Waals surface area contributed by atoms with Crippen LogP contribution in [0.4, 0.5) is 0 Å². The second-order valence-corrected chi connectivity index (χ2v) is 3.52. The molecule has 4 heteroatoms. The normalized spacial score (nSPS) is 9.82. The van der Waals surface area contributed by atoms with Gasteiger partial charge in [0.2, 0.25) is 0 Å². The number of carbonyl (C=O) groups is 2. The van der Waals surface area contributed by atoms with Gasteiger partial charge in [0.05, 0.1) is 18.2 Å². The molecule has 0 aliphatic carbocycles. The van der Waals surface area contributed by atoms with Crippen LogP contribution in [0.3, 0.4) is 0 Å². The maximum Gasteiger partial charge on any atom is 0.254 e. The topological polar surface area (TPSA) is 46.6 Å². The van der Waals surface area contributed by atoms with Crippen LogP contribution in [-0.4, -0.2) is 37.3 Å². The van der Waals surface area contributed by atoms with Crippen LogP contribution in [0.5, 0.6) is 5.75 Å². The van der Waals surface area contributed by atoms with Crippen LogP contribution < -0.4 is 4.74 Å². The predicted molar refractivity (Wildman–Crippen MR) is 65.6 cm³/mol. The van der Waals surface area contributed by atoms with Gasteiger partial charge in [0.25, 0.3) is 5.91 Å². The number of aldehydes is 1. The van der Waals surface area contributed by atoms with E-state index in [2.05, 4.69) is 0 Å². The maximum absolute atomic E-state index is 12.2. The van der Waals surface area contributed by atoms with Crippen molar-refractivity contribution in [2.75, 3.05) is 20.2 Å². The number of benzene rings is 1. The van der Waals surface area contributed by atoms with Gasteiger partial charge in [-0.25, -0.2) is 0 Å². The van der Waals surface area contributed by atoms with Crippen LogP contribution in [0.15, 0.2) is 18.2 Å². The highest BCUT2D eigenvalue weighted by atomic mass is 16.5. The van der Waals surface area contributed by atoms with Crippen LogP contribution in [0.2, 0.25) is 0 Å². The molecule has 1 rings (SSSR count). The average molecular weight is 235 g/mol. The number of ether oxygens (including phenoxy) is 1. The highest BCUT2D eigenvalue weighted by molar-refractivity contribution is 6.02. The summed E-state index contributed by atoms with van der Waals surface area (Å²) in [5.74, 6) is 0.286. The average Bonchev–Trinajstić information content (AvgIpc) is 2.38. The largest absolute Gasteiger partial charge is 0.496 e. The minimum atomic E-state index is -0.143. The Labute approximate surface area is 101 Å². The molecule has 0 saturated carbocycles. The molecule has 1 aromatic carbocycles. The summed E-state index contributed by atoms with van der Waals surface area (Å²) in [6.45, 7) is 5.04. The van der Waals surface area contributed by atoms with Gasteiger partial charge >= 0.3 is 0 Å². The monoisotopic (exact) mass is 235 g/mol. The Bertz CT molecular complexity index is 411. The molecule has 0 aromatic heterocycles. The van der Waals surface area contributed by atoms with Gasteiger partial charge in [-0.3, -0.25) is 9.59 Å². The maximum atomic E-state index is 12.2. The number of hydrogen-bond donors (Lipinski definition) is 0. The molecule has 1 amide bonds. The van der Waals surface area contributed by atoms with Crippen molar-refractivity contribution in [2.24, 2.45) is 0 Å². The number of carbonyl (C=O) groups excluding carboxylic acids is 2. The van der Waals surface area contributed by atoms with E-state index in [4.69, 9.17) is 4.74 Å². The van der Waals surface area contributed by atoms with Gasteiger partial charge in [0.1, 0.15) is 5.75 Å². The Morgan fingerprint density at radius 2 is 2.00 bits per heavy atom. The van der Waals surface area contributed by atoms with E-state index in [1.165, 1.54) is 7.11 Å². The second kappa shape index (κ2) is 6.03. The number of methoxy groups -OCH3 is 1. The molecular formula is C13H17NO3. The zero-order chi connectivity index (χ0) is 12.8. The lowest BCUT2D eigenvalue weighted by Crippen LogP contribution is -2.31. The summed E-state index contributed by atoms with van der Waals surface area (Å²) in [5.41, 5.74) is 0.704. The van der Waals surface area contributed by atoms with E-state index < -0.39 is 0 Å². The van der Waals surface area contributed by atoms with E-state index in [1.54, 1.807) is 23.1 Å². The summed E-state index contributed by atoms with van der Waals surface area (Å²) in [6.07, 6.45) is 0.662. The number of nitrogens with zero attached hydrogens (tertiary/aromatic N) is 1. The van der Waals surface area contributed by atoms with Gasteiger partial charge in [-0.1, -0.05) is 6.07 Å². The lowest BCUT2D eigenvalue weighted by Gasteiger charge is -2.20. The lowest BCUT2D eigenvalue weighted by atomic mass is 10.1. The highest BCUT2D eigenvalue weighted by Gasteiger charge is 2.18. The van der Waals surface area contributed by atoms with Crippen LogP contribution in [0.1, 0.15) is 34.6 Å². The fraction of sp³-hybridized carbons (Fsp3) is 0.385. The summed E-state index contributed by atoms with van der Waals surface area (Å²) in [5, 5.41) is 0. The zero-order valence-corrected chi connectivity index (χ0v) is 10.4. The third-order valence-corrected chi connectivity index (χ3v) is 2.68. The standard InChI is InChI=1S/C13H17NO3/c1-4-14(5-2)13(16)10-7-6-8-12(17-3)11(10)9-15/h6-9H,4-5H2,1-3H3.